The summed E-state index contributed by atoms with van der Waals surface area (Å²) < 4.78 is 5.87. The second kappa shape index (κ2) is 11.2. The van der Waals surface area contributed by atoms with Gasteiger partial charge in [-0.15, -0.1) is 11.6 Å². The summed E-state index contributed by atoms with van der Waals surface area (Å²) in [5, 5.41) is 0.726. The average molecular weight is 440 g/mol. The SMILES string of the molecule is CN(C)CCOc1ccc(/C(=C(\CCCl)c2ccc(Cl)cc2)c2ccccc2)cc1. The highest BCUT2D eigenvalue weighted by atomic mass is 35.5. The highest BCUT2D eigenvalue weighted by Gasteiger charge is 2.14. The first-order valence-electron chi connectivity index (χ1n) is 10.1. The Morgan fingerprint density at radius 1 is 0.800 bits per heavy atom. The van der Waals surface area contributed by atoms with Crippen molar-refractivity contribution in [3.8, 4) is 5.75 Å². The van der Waals surface area contributed by atoms with E-state index < -0.39 is 0 Å². The van der Waals surface area contributed by atoms with E-state index in [4.69, 9.17) is 27.9 Å². The smallest absolute Gasteiger partial charge is 0.119 e. The maximum absolute atomic E-state index is 6.22. The minimum atomic E-state index is 0.542. The molecule has 4 heteroatoms. The molecule has 0 saturated carbocycles. The van der Waals surface area contributed by atoms with Gasteiger partial charge in [0.2, 0.25) is 0 Å². The second-order valence-corrected chi connectivity index (χ2v) is 8.16. The van der Waals surface area contributed by atoms with Gasteiger partial charge in [-0.1, -0.05) is 66.2 Å². The topological polar surface area (TPSA) is 12.5 Å². The van der Waals surface area contributed by atoms with Crippen LogP contribution < -0.4 is 4.74 Å². The molecule has 0 aliphatic rings. The number of allylic oxidation sites excluding steroid dienone is 1. The lowest BCUT2D eigenvalue weighted by Crippen LogP contribution is -2.19. The Morgan fingerprint density at radius 3 is 2.00 bits per heavy atom. The summed E-state index contributed by atoms with van der Waals surface area (Å²) in [6.07, 6.45) is 0.758. The van der Waals surface area contributed by atoms with Gasteiger partial charge >= 0.3 is 0 Å². The van der Waals surface area contributed by atoms with Crippen LogP contribution in [0.15, 0.2) is 78.9 Å². The maximum atomic E-state index is 6.22. The number of halogens is 2. The molecule has 30 heavy (non-hydrogen) atoms. The first-order chi connectivity index (χ1) is 14.6. The molecule has 0 amide bonds. The van der Waals surface area contributed by atoms with Crippen LogP contribution in [0.3, 0.4) is 0 Å². The molecule has 3 aromatic carbocycles. The molecule has 0 aliphatic heterocycles. The zero-order valence-corrected chi connectivity index (χ0v) is 19.0. The van der Waals surface area contributed by atoms with Crippen LogP contribution in [0.4, 0.5) is 0 Å². The van der Waals surface area contributed by atoms with Crippen LogP contribution in [0.2, 0.25) is 5.02 Å². The monoisotopic (exact) mass is 439 g/mol. The molecule has 2 nitrogen and oxygen atoms in total. The Balaban J connectivity index is 2.04. The largest absolute Gasteiger partial charge is 0.492 e. The summed E-state index contributed by atoms with van der Waals surface area (Å²) >= 11 is 12.3. The zero-order chi connectivity index (χ0) is 21.3. The van der Waals surface area contributed by atoms with E-state index in [0.717, 1.165) is 40.4 Å². The Hall–Kier alpha value is -2.26. The van der Waals surface area contributed by atoms with Gasteiger partial charge in [-0.05, 0) is 72.6 Å². The van der Waals surface area contributed by atoms with Gasteiger partial charge in [0.25, 0.3) is 0 Å². The summed E-state index contributed by atoms with van der Waals surface area (Å²) in [5.41, 5.74) is 5.81. The Labute approximate surface area is 189 Å². The van der Waals surface area contributed by atoms with Gasteiger partial charge in [-0.2, -0.15) is 0 Å². The van der Waals surface area contributed by atoms with Crippen molar-refractivity contribution in [2.75, 3.05) is 33.1 Å². The predicted octanol–water partition coefficient (Wildman–Crippen LogP) is 6.87. The summed E-state index contributed by atoms with van der Waals surface area (Å²) in [6.45, 7) is 1.54. The van der Waals surface area contributed by atoms with Crippen LogP contribution in [0.1, 0.15) is 23.1 Å². The molecule has 0 aliphatic carbocycles. The van der Waals surface area contributed by atoms with Crippen molar-refractivity contribution >= 4 is 34.3 Å². The number of rotatable bonds is 9. The third-order valence-electron chi connectivity index (χ3n) is 4.85. The van der Waals surface area contributed by atoms with E-state index >= 15 is 0 Å². The zero-order valence-electron chi connectivity index (χ0n) is 17.4. The van der Waals surface area contributed by atoms with Crippen molar-refractivity contribution < 1.29 is 4.74 Å². The molecule has 0 radical (unpaired) electrons. The van der Waals surface area contributed by atoms with Crippen molar-refractivity contribution in [1.29, 1.82) is 0 Å². The van der Waals surface area contributed by atoms with E-state index in [9.17, 15) is 0 Å². The summed E-state index contributed by atoms with van der Waals surface area (Å²) in [7, 11) is 4.08. The van der Waals surface area contributed by atoms with Gasteiger partial charge in [0, 0.05) is 17.4 Å². The molecule has 0 atom stereocenters. The van der Waals surface area contributed by atoms with Crippen LogP contribution in [-0.4, -0.2) is 38.0 Å². The molecular weight excluding hydrogens is 413 g/mol. The van der Waals surface area contributed by atoms with Crippen molar-refractivity contribution in [2.45, 2.75) is 6.42 Å². The van der Waals surface area contributed by atoms with Crippen molar-refractivity contribution in [1.82, 2.24) is 4.90 Å². The van der Waals surface area contributed by atoms with Crippen molar-refractivity contribution in [2.24, 2.45) is 0 Å². The third-order valence-corrected chi connectivity index (χ3v) is 5.29. The molecule has 0 fully saturated rings. The van der Waals surface area contributed by atoms with Gasteiger partial charge < -0.3 is 9.64 Å². The number of ether oxygens (including phenoxy) is 1. The molecule has 0 aromatic heterocycles. The van der Waals surface area contributed by atoms with Crippen molar-refractivity contribution in [3.63, 3.8) is 0 Å². The lowest BCUT2D eigenvalue weighted by Gasteiger charge is -2.17. The number of nitrogens with zero attached hydrogens (tertiary/aromatic N) is 1. The van der Waals surface area contributed by atoms with Gasteiger partial charge in [-0.3, -0.25) is 0 Å². The van der Waals surface area contributed by atoms with Crippen LogP contribution in [0.5, 0.6) is 5.75 Å². The normalized spacial score (nSPS) is 12.0. The number of benzene rings is 3. The highest BCUT2D eigenvalue weighted by Crippen LogP contribution is 2.35. The van der Waals surface area contributed by atoms with E-state index in [-0.39, 0.29) is 0 Å². The fourth-order valence-electron chi connectivity index (χ4n) is 3.34. The quantitative estimate of drug-likeness (QED) is 0.266. The minimum Gasteiger partial charge on any atom is -0.492 e. The first kappa shape index (κ1) is 22.4. The van der Waals surface area contributed by atoms with E-state index in [1.54, 1.807) is 0 Å². The minimum absolute atomic E-state index is 0.542. The van der Waals surface area contributed by atoms with Crippen molar-refractivity contribution in [3.05, 3.63) is 101 Å². The van der Waals surface area contributed by atoms with E-state index in [1.165, 1.54) is 11.1 Å². The third kappa shape index (κ3) is 6.12. The molecule has 0 spiro atoms. The number of hydrogen-bond donors (Lipinski definition) is 0. The number of hydrogen-bond acceptors (Lipinski definition) is 2. The van der Waals surface area contributed by atoms with E-state index in [0.29, 0.717) is 12.5 Å². The highest BCUT2D eigenvalue weighted by molar-refractivity contribution is 6.30. The molecule has 0 unspecified atom stereocenters. The second-order valence-electron chi connectivity index (χ2n) is 7.34. The number of alkyl halides is 1. The average Bonchev–Trinajstić information content (AvgIpc) is 2.76. The summed E-state index contributed by atoms with van der Waals surface area (Å²) in [4.78, 5) is 2.11. The Morgan fingerprint density at radius 2 is 1.40 bits per heavy atom. The molecule has 3 aromatic rings. The Bertz CT molecular complexity index is 949. The van der Waals surface area contributed by atoms with E-state index in [1.807, 2.05) is 44.4 Å². The van der Waals surface area contributed by atoms with Gasteiger partial charge in [-0.25, -0.2) is 0 Å². The summed E-state index contributed by atoms with van der Waals surface area (Å²) in [5.74, 6) is 1.42. The molecule has 3 rings (SSSR count). The lowest BCUT2D eigenvalue weighted by molar-refractivity contribution is 0.261. The lowest BCUT2D eigenvalue weighted by atomic mass is 9.88. The van der Waals surface area contributed by atoms with Crippen LogP contribution in [-0.2, 0) is 0 Å². The van der Waals surface area contributed by atoms with Crippen LogP contribution >= 0.6 is 23.2 Å². The fraction of sp³-hybridized carbons (Fsp3) is 0.231. The first-order valence-corrected chi connectivity index (χ1v) is 11.0. The molecule has 0 bridgehead atoms. The predicted molar refractivity (Wildman–Crippen MR) is 130 cm³/mol. The fourth-order valence-corrected chi connectivity index (χ4v) is 3.66. The molecule has 0 N–H and O–H groups in total. The maximum Gasteiger partial charge on any atom is 0.119 e. The van der Waals surface area contributed by atoms with Gasteiger partial charge in [0.15, 0.2) is 0 Å². The van der Waals surface area contributed by atoms with Gasteiger partial charge in [0.1, 0.15) is 12.4 Å². The standard InChI is InChI=1S/C26H27Cl2NO/c1-29(2)18-19-30-24-14-10-22(11-15-24)26(21-6-4-3-5-7-21)25(16-17-27)20-8-12-23(28)13-9-20/h3-15H,16-19H2,1-2H3/b26-25+. The summed E-state index contributed by atoms with van der Waals surface area (Å²) in [6, 6.07) is 26.7. The van der Waals surface area contributed by atoms with Crippen LogP contribution in [0, 0.1) is 0 Å². The van der Waals surface area contributed by atoms with E-state index in [2.05, 4.69) is 53.4 Å². The van der Waals surface area contributed by atoms with Crippen LogP contribution in [0.25, 0.3) is 11.1 Å². The molecule has 0 heterocycles. The van der Waals surface area contributed by atoms with Gasteiger partial charge in [0.05, 0.1) is 0 Å². The molecule has 0 saturated heterocycles. The Kier molecular flexibility index (Phi) is 8.39. The molecule has 156 valence electrons. The molecular formula is C26H27Cl2NO. The number of likely N-dealkylation sites (N-methyl/N-ethyl adjacent to an activating group) is 1.